The molecule has 2 heterocycles. The molecule has 24 heavy (non-hydrogen) atoms. The molecular weight excluding hydrogens is 338 g/mol. The van der Waals surface area contributed by atoms with E-state index in [0.29, 0.717) is 0 Å². The first-order chi connectivity index (χ1) is 11.6. The number of aromatic nitrogens is 1. The quantitative estimate of drug-likeness (QED) is 0.618. The molecule has 0 spiro atoms. The highest BCUT2D eigenvalue weighted by Crippen LogP contribution is 2.23. The molecular formula is C19H22ClN3S. The van der Waals surface area contributed by atoms with Crippen LogP contribution in [-0.2, 0) is 13.1 Å². The van der Waals surface area contributed by atoms with Crippen molar-refractivity contribution in [1.82, 2.24) is 14.8 Å². The maximum atomic E-state index is 6.20. The fraction of sp³-hybridized carbons (Fsp3) is 0.316. The van der Waals surface area contributed by atoms with Crippen molar-refractivity contribution < 1.29 is 0 Å². The SMILES string of the molecule is CN(C)CCN(Cc1cccs1)Cc1ccnc2ccc(Cl)cc12. The van der Waals surface area contributed by atoms with Gasteiger partial charge in [-0.25, -0.2) is 0 Å². The standard InChI is InChI=1S/C19H22ClN3S/c1-22(2)9-10-23(14-17-4-3-11-24-17)13-15-7-8-21-19-6-5-16(20)12-18(15)19/h3-8,11-12H,9-10,13-14H2,1-2H3. The van der Waals surface area contributed by atoms with Crippen molar-refractivity contribution in [2.75, 3.05) is 27.2 Å². The van der Waals surface area contributed by atoms with Crippen molar-refractivity contribution >= 4 is 33.8 Å². The van der Waals surface area contributed by atoms with Crippen molar-refractivity contribution in [2.45, 2.75) is 13.1 Å². The molecule has 126 valence electrons. The van der Waals surface area contributed by atoms with Crippen LogP contribution in [0.4, 0.5) is 0 Å². The van der Waals surface area contributed by atoms with E-state index >= 15 is 0 Å². The molecule has 0 fully saturated rings. The Morgan fingerprint density at radius 1 is 1.08 bits per heavy atom. The number of nitrogens with zero attached hydrogens (tertiary/aromatic N) is 3. The lowest BCUT2D eigenvalue weighted by Crippen LogP contribution is -2.31. The Hall–Kier alpha value is -1.46. The summed E-state index contributed by atoms with van der Waals surface area (Å²) in [5.74, 6) is 0. The summed E-state index contributed by atoms with van der Waals surface area (Å²) in [5, 5.41) is 4.04. The van der Waals surface area contributed by atoms with Gasteiger partial charge in [-0.2, -0.15) is 0 Å². The minimum absolute atomic E-state index is 0.759. The number of hydrogen-bond donors (Lipinski definition) is 0. The van der Waals surface area contributed by atoms with E-state index in [1.54, 1.807) is 0 Å². The van der Waals surface area contributed by atoms with Crippen LogP contribution in [-0.4, -0.2) is 42.0 Å². The lowest BCUT2D eigenvalue weighted by molar-refractivity contribution is 0.228. The third-order valence-electron chi connectivity index (χ3n) is 4.01. The van der Waals surface area contributed by atoms with E-state index in [2.05, 4.69) is 52.5 Å². The topological polar surface area (TPSA) is 19.4 Å². The van der Waals surface area contributed by atoms with Crippen molar-refractivity contribution in [1.29, 1.82) is 0 Å². The second-order valence-corrected chi connectivity index (χ2v) is 7.69. The fourth-order valence-corrected chi connectivity index (χ4v) is 3.65. The van der Waals surface area contributed by atoms with Crippen LogP contribution in [0.2, 0.25) is 5.02 Å². The van der Waals surface area contributed by atoms with Crippen molar-refractivity contribution in [3.8, 4) is 0 Å². The van der Waals surface area contributed by atoms with Gasteiger partial charge in [0.05, 0.1) is 5.52 Å². The Morgan fingerprint density at radius 3 is 2.71 bits per heavy atom. The van der Waals surface area contributed by atoms with Crippen LogP contribution in [0.5, 0.6) is 0 Å². The second kappa shape index (κ2) is 8.08. The van der Waals surface area contributed by atoms with Crippen LogP contribution >= 0.6 is 22.9 Å². The van der Waals surface area contributed by atoms with Gasteiger partial charge in [-0.05, 0) is 55.4 Å². The number of fused-ring (bicyclic) bond motifs is 1. The van der Waals surface area contributed by atoms with Crippen molar-refractivity contribution in [3.05, 3.63) is 63.4 Å². The molecule has 3 nitrogen and oxygen atoms in total. The molecule has 0 amide bonds. The summed E-state index contributed by atoms with van der Waals surface area (Å²) in [7, 11) is 4.23. The molecule has 0 unspecified atom stereocenters. The molecule has 0 bridgehead atoms. The third kappa shape index (κ3) is 4.54. The Balaban J connectivity index is 1.84. The molecule has 0 radical (unpaired) electrons. The molecule has 3 rings (SSSR count). The lowest BCUT2D eigenvalue weighted by atomic mass is 10.1. The first-order valence-electron chi connectivity index (χ1n) is 8.04. The molecule has 0 N–H and O–H groups in total. The van der Waals surface area contributed by atoms with Crippen LogP contribution in [0.15, 0.2) is 48.0 Å². The number of pyridine rings is 1. The van der Waals surface area contributed by atoms with E-state index in [0.717, 1.165) is 42.1 Å². The van der Waals surface area contributed by atoms with Gasteiger partial charge in [0.15, 0.2) is 0 Å². The average Bonchev–Trinajstić information content (AvgIpc) is 3.06. The summed E-state index contributed by atoms with van der Waals surface area (Å²) in [6.07, 6.45) is 1.89. The summed E-state index contributed by atoms with van der Waals surface area (Å²) >= 11 is 8.01. The largest absolute Gasteiger partial charge is 0.308 e. The Bertz CT molecular complexity index is 786. The smallest absolute Gasteiger partial charge is 0.0706 e. The second-order valence-electron chi connectivity index (χ2n) is 6.22. The highest BCUT2D eigenvalue weighted by Gasteiger charge is 2.11. The van der Waals surface area contributed by atoms with Gasteiger partial charge in [-0.3, -0.25) is 9.88 Å². The van der Waals surface area contributed by atoms with E-state index in [1.807, 2.05) is 35.7 Å². The predicted molar refractivity (Wildman–Crippen MR) is 104 cm³/mol. The molecule has 0 atom stereocenters. The summed E-state index contributed by atoms with van der Waals surface area (Å²) < 4.78 is 0. The van der Waals surface area contributed by atoms with Gasteiger partial charge in [0.1, 0.15) is 0 Å². The summed E-state index contributed by atoms with van der Waals surface area (Å²) in [6.45, 7) is 3.92. The molecule has 2 aromatic heterocycles. The van der Waals surface area contributed by atoms with Crippen molar-refractivity contribution in [3.63, 3.8) is 0 Å². The first-order valence-corrected chi connectivity index (χ1v) is 9.30. The molecule has 0 saturated carbocycles. The van der Waals surface area contributed by atoms with Gasteiger partial charge in [0, 0.05) is 47.7 Å². The number of benzene rings is 1. The molecule has 5 heteroatoms. The van der Waals surface area contributed by atoms with Gasteiger partial charge in [-0.15, -0.1) is 11.3 Å². The number of rotatable bonds is 7. The van der Waals surface area contributed by atoms with Gasteiger partial charge in [0.25, 0.3) is 0 Å². The van der Waals surface area contributed by atoms with Crippen molar-refractivity contribution in [2.24, 2.45) is 0 Å². The lowest BCUT2D eigenvalue weighted by Gasteiger charge is -2.24. The summed E-state index contributed by atoms with van der Waals surface area (Å²) in [4.78, 5) is 10.6. The zero-order valence-corrected chi connectivity index (χ0v) is 15.6. The highest BCUT2D eigenvalue weighted by atomic mass is 35.5. The predicted octanol–water partition coefficient (Wildman–Crippen LogP) is 4.51. The average molecular weight is 360 g/mol. The summed E-state index contributed by atoms with van der Waals surface area (Å²) in [6, 6.07) is 12.3. The fourth-order valence-electron chi connectivity index (χ4n) is 2.73. The number of halogens is 1. The van der Waals surface area contributed by atoms with Crippen LogP contribution < -0.4 is 0 Å². The molecule has 0 aliphatic heterocycles. The van der Waals surface area contributed by atoms with Crippen LogP contribution in [0.1, 0.15) is 10.4 Å². The van der Waals surface area contributed by atoms with E-state index in [-0.39, 0.29) is 0 Å². The van der Waals surface area contributed by atoms with E-state index in [9.17, 15) is 0 Å². The van der Waals surface area contributed by atoms with Gasteiger partial charge in [0.2, 0.25) is 0 Å². The number of thiophene rings is 1. The highest BCUT2D eigenvalue weighted by molar-refractivity contribution is 7.09. The van der Waals surface area contributed by atoms with E-state index in [4.69, 9.17) is 11.6 Å². The van der Waals surface area contributed by atoms with Crippen LogP contribution in [0, 0.1) is 0 Å². The normalized spacial score (nSPS) is 11.7. The maximum absolute atomic E-state index is 6.20. The molecule has 0 saturated heterocycles. The molecule has 1 aromatic carbocycles. The van der Waals surface area contributed by atoms with Gasteiger partial charge >= 0.3 is 0 Å². The van der Waals surface area contributed by atoms with Gasteiger partial charge < -0.3 is 4.90 Å². The zero-order chi connectivity index (χ0) is 16.9. The monoisotopic (exact) mass is 359 g/mol. The number of likely N-dealkylation sites (N-methyl/N-ethyl adjacent to an activating group) is 1. The van der Waals surface area contributed by atoms with Crippen LogP contribution in [0.25, 0.3) is 10.9 Å². The minimum Gasteiger partial charge on any atom is -0.308 e. The zero-order valence-electron chi connectivity index (χ0n) is 14.1. The Labute approximate surface area is 152 Å². The van der Waals surface area contributed by atoms with E-state index < -0.39 is 0 Å². The third-order valence-corrected chi connectivity index (χ3v) is 5.11. The number of hydrogen-bond acceptors (Lipinski definition) is 4. The maximum Gasteiger partial charge on any atom is 0.0706 e. The molecule has 0 aliphatic carbocycles. The first kappa shape index (κ1) is 17.4. The minimum atomic E-state index is 0.759. The Morgan fingerprint density at radius 2 is 1.96 bits per heavy atom. The van der Waals surface area contributed by atoms with Crippen LogP contribution in [0.3, 0.4) is 0 Å². The summed E-state index contributed by atoms with van der Waals surface area (Å²) in [5.41, 5.74) is 2.28. The molecule has 0 aliphatic rings. The molecule has 3 aromatic rings. The van der Waals surface area contributed by atoms with Gasteiger partial charge in [-0.1, -0.05) is 17.7 Å². The Kier molecular flexibility index (Phi) is 5.85. The van der Waals surface area contributed by atoms with E-state index in [1.165, 1.54) is 10.4 Å².